The van der Waals surface area contributed by atoms with Gasteiger partial charge in [0.25, 0.3) is 0 Å². The lowest BCUT2D eigenvalue weighted by atomic mass is 10.5. The highest BCUT2D eigenvalue weighted by Crippen LogP contribution is 1.96. The molecule has 11 heavy (non-hydrogen) atoms. The summed E-state index contributed by atoms with van der Waals surface area (Å²) >= 11 is 5.31. The standard InChI is InChI=1S/C7H11ClO3/c1-3-10-7(9)6(2)11-5-4-8/h2-5H2,1H3. The molecule has 0 rings (SSSR count). The van der Waals surface area contributed by atoms with Gasteiger partial charge in [0, 0.05) is 0 Å². The van der Waals surface area contributed by atoms with Gasteiger partial charge in [-0.05, 0) is 13.5 Å². The highest BCUT2D eigenvalue weighted by atomic mass is 35.5. The monoisotopic (exact) mass is 178 g/mol. The summed E-state index contributed by atoms with van der Waals surface area (Å²) in [6.45, 7) is 5.67. The first-order valence-corrected chi connectivity index (χ1v) is 3.80. The summed E-state index contributed by atoms with van der Waals surface area (Å²) in [6, 6.07) is 0. The van der Waals surface area contributed by atoms with Gasteiger partial charge in [-0.3, -0.25) is 0 Å². The van der Waals surface area contributed by atoms with Crippen molar-refractivity contribution < 1.29 is 14.3 Å². The zero-order valence-electron chi connectivity index (χ0n) is 6.43. The molecule has 0 aliphatic carbocycles. The fourth-order valence-corrected chi connectivity index (χ4v) is 0.509. The van der Waals surface area contributed by atoms with Crippen LogP contribution in [0.25, 0.3) is 0 Å². The van der Waals surface area contributed by atoms with Gasteiger partial charge in [-0.25, -0.2) is 4.79 Å². The van der Waals surface area contributed by atoms with Crippen molar-refractivity contribution in [2.24, 2.45) is 0 Å². The summed E-state index contributed by atoms with van der Waals surface area (Å²) in [5.74, 6) is -0.191. The molecule has 3 nitrogen and oxygen atoms in total. The molecule has 64 valence electrons. The number of hydrogen-bond donors (Lipinski definition) is 0. The van der Waals surface area contributed by atoms with Crippen LogP contribution in [0.3, 0.4) is 0 Å². The number of ether oxygens (including phenoxy) is 2. The van der Waals surface area contributed by atoms with E-state index in [1.807, 2.05) is 0 Å². The van der Waals surface area contributed by atoms with Gasteiger partial charge < -0.3 is 9.47 Å². The van der Waals surface area contributed by atoms with Gasteiger partial charge in [-0.15, -0.1) is 11.6 Å². The van der Waals surface area contributed by atoms with Gasteiger partial charge in [0.15, 0.2) is 5.76 Å². The van der Waals surface area contributed by atoms with Crippen LogP contribution >= 0.6 is 11.6 Å². The average molecular weight is 179 g/mol. The number of carbonyl (C=O) groups excluding carboxylic acids is 1. The van der Waals surface area contributed by atoms with Crippen LogP contribution < -0.4 is 0 Å². The van der Waals surface area contributed by atoms with E-state index in [0.29, 0.717) is 12.5 Å². The Bertz CT molecular complexity index is 145. The van der Waals surface area contributed by atoms with E-state index in [0.717, 1.165) is 0 Å². The van der Waals surface area contributed by atoms with Crippen LogP contribution in [-0.4, -0.2) is 25.1 Å². The largest absolute Gasteiger partial charge is 0.486 e. The Hall–Kier alpha value is -0.700. The van der Waals surface area contributed by atoms with Crippen LogP contribution in [0.1, 0.15) is 6.92 Å². The average Bonchev–Trinajstić information content (AvgIpc) is 2.00. The molecule has 0 heterocycles. The zero-order chi connectivity index (χ0) is 8.69. The van der Waals surface area contributed by atoms with Crippen LogP contribution in [0.4, 0.5) is 0 Å². The van der Waals surface area contributed by atoms with Crippen molar-refractivity contribution in [1.29, 1.82) is 0 Å². The highest BCUT2D eigenvalue weighted by molar-refractivity contribution is 6.18. The smallest absolute Gasteiger partial charge is 0.372 e. The number of rotatable bonds is 5. The topological polar surface area (TPSA) is 35.5 Å². The molecular formula is C7H11ClO3. The molecule has 0 amide bonds. The molecule has 0 bridgehead atoms. The predicted molar refractivity (Wildman–Crippen MR) is 42.4 cm³/mol. The Morgan fingerprint density at radius 2 is 2.18 bits per heavy atom. The molecule has 0 aromatic rings. The van der Waals surface area contributed by atoms with E-state index in [9.17, 15) is 4.79 Å². The Labute approximate surface area is 70.9 Å². The summed E-state index contributed by atoms with van der Waals surface area (Å²) in [5.41, 5.74) is 0. The summed E-state index contributed by atoms with van der Waals surface area (Å²) in [7, 11) is 0. The van der Waals surface area contributed by atoms with Crippen molar-refractivity contribution in [2.75, 3.05) is 19.1 Å². The molecule has 0 aromatic carbocycles. The second kappa shape index (κ2) is 6.04. The van der Waals surface area contributed by atoms with Crippen molar-refractivity contribution in [1.82, 2.24) is 0 Å². The maximum atomic E-state index is 10.8. The third-order valence-corrected chi connectivity index (χ3v) is 1.01. The van der Waals surface area contributed by atoms with E-state index in [4.69, 9.17) is 16.3 Å². The normalized spacial score (nSPS) is 8.91. The van der Waals surface area contributed by atoms with E-state index < -0.39 is 5.97 Å². The van der Waals surface area contributed by atoms with Crippen molar-refractivity contribution in [3.05, 3.63) is 12.3 Å². The molecular weight excluding hydrogens is 168 g/mol. The minimum absolute atomic E-state index is 0.00694. The highest BCUT2D eigenvalue weighted by Gasteiger charge is 2.07. The lowest BCUT2D eigenvalue weighted by molar-refractivity contribution is -0.142. The minimum atomic E-state index is -0.530. The summed E-state index contributed by atoms with van der Waals surface area (Å²) in [4.78, 5) is 10.8. The van der Waals surface area contributed by atoms with E-state index in [-0.39, 0.29) is 12.4 Å². The number of alkyl halides is 1. The van der Waals surface area contributed by atoms with Gasteiger partial charge in [0.1, 0.15) is 6.61 Å². The molecule has 0 saturated carbocycles. The third kappa shape index (κ3) is 4.67. The van der Waals surface area contributed by atoms with Crippen molar-refractivity contribution >= 4 is 17.6 Å². The number of hydrogen-bond acceptors (Lipinski definition) is 3. The SMILES string of the molecule is C=C(OCCCl)C(=O)OCC. The fraction of sp³-hybridized carbons (Fsp3) is 0.571. The molecule has 0 spiro atoms. The van der Waals surface area contributed by atoms with Crippen LogP contribution in [-0.2, 0) is 14.3 Å². The summed E-state index contributed by atoms with van der Waals surface area (Å²) in [5, 5.41) is 0. The van der Waals surface area contributed by atoms with E-state index in [2.05, 4.69) is 11.3 Å². The first-order chi connectivity index (χ1) is 5.22. The van der Waals surface area contributed by atoms with Gasteiger partial charge in [-0.1, -0.05) is 0 Å². The van der Waals surface area contributed by atoms with Crippen LogP contribution in [0.5, 0.6) is 0 Å². The molecule has 0 radical (unpaired) electrons. The molecule has 0 aliphatic heterocycles. The third-order valence-electron chi connectivity index (χ3n) is 0.857. The number of esters is 1. The quantitative estimate of drug-likeness (QED) is 0.276. The van der Waals surface area contributed by atoms with Gasteiger partial charge in [0.2, 0.25) is 0 Å². The molecule has 0 unspecified atom stereocenters. The molecule has 0 N–H and O–H groups in total. The Balaban J connectivity index is 3.56. The van der Waals surface area contributed by atoms with E-state index in [1.54, 1.807) is 6.92 Å². The van der Waals surface area contributed by atoms with Crippen LogP contribution in [0.15, 0.2) is 12.3 Å². The van der Waals surface area contributed by atoms with Gasteiger partial charge in [-0.2, -0.15) is 0 Å². The van der Waals surface area contributed by atoms with Gasteiger partial charge in [0.05, 0.1) is 12.5 Å². The first-order valence-electron chi connectivity index (χ1n) is 3.27. The summed E-state index contributed by atoms with van der Waals surface area (Å²) in [6.07, 6.45) is 0. The maximum Gasteiger partial charge on any atom is 0.372 e. The lowest BCUT2D eigenvalue weighted by Gasteiger charge is -2.05. The molecule has 0 fully saturated rings. The molecule has 0 saturated heterocycles. The Morgan fingerprint density at radius 1 is 1.55 bits per heavy atom. The summed E-state index contributed by atoms with van der Waals surface area (Å²) < 4.78 is 9.40. The van der Waals surface area contributed by atoms with Crippen molar-refractivity contribution in [2.45, 2.75) is 6.92 Å². The second-order valence-electron chi connectivity index (χ2n) is 1.68. The molecule has 0 atom stereocenters. The number of carbonyl (C=O) groups is 1. The number of halogens is 1. The van der Waals surface area contributed by atoms with Crippen LogP contribution in [0.2, 0.25) is 0 Å². The minimum Gasteiger partial charge on any atom is -0.486 e. The Kier molecular flexibility index (Phi) is 5.65. The lowest BCUT2D eigenvalue weighted by Crippen LogP contribution is -2.10. The maximum absolute atomic E-state index is 10.8. The van der Waals surface area contributed by atoms with Crippen molar-refractivity contribution in [3.8, 4) is 0 Å². The van der Waals surface area contributed by atoms with Gasteiger partial charge >= 0.3 is 5.97 Å². The second-order valence-corrected chi connectivity index (χ2v) is 2.06. The van der Waals surface area contributed by atoms with E-state index >= 15 is 0 Å². The predicted octanol–water partition coefficient (Wildman–Crippen LogP) is 1.32. The van der Waals surface area contributed by atoms with E-state index in [1.165, 1.54) is 0 Å². The first kappa shape index (κ1) is 10.3. The van der Waals surface area contributed by atoms with Crippen molar-refractivity contribution in [3.63, 3.8) is 0 Å². The fourth-order valence-electron chi connectivity index (χ4n) is 0.432. The molecule has 4 heteroatoms. The Morgan fingerprint density at radius 3 is 2.64 bits per heavy atom. The van der Waals surface area contributed by atoms with Crippen LogP contribution in [0, 0.1) is 0 Å². The molecule has 0 aromatic heterocycles. The molecule has 0 aliphatic rings. The zero-order valence-corrected chi connectivity index (χ0v) is 7.19.